The van der Waals surface area contributed by atoms with Crippen LogP contribution in [0.3, 0.4) is 0 Å². The molecule has 2 unspecified atom stereocenters. The lowest BCUT2D eigenvalue weighted by Gasteiger charge is -2.45. The summed E-state index contributed by atoms with van der Waals surface area (Å²) in [4.78, 5) is 13.0. The summed E-state index contributed by atoms with van der Waals surface area (Å²) in [6.45, 7) is 2.10. The molecule has 1 N–H and O–H groups in total. The highest BCUT2D eigenvalue weighted by Crippen LogP contribution is 2.41. The minimum absolute atomic E-state index is 0.0916. The second-order valence-corrected chi connectivity index (χ2v) is 5.92. The lowest BCUT2D eigenvalue weighted by Crippen LogP contribution is -2.49. The Morgan fingerprint density at radius 1 is 1.41 bits per heavy atom. The molecule has 122 valence electrons. The monoisotopic (exact) mass is 319 g/mol. The number of hydrogen-bond donors (Lipinski definition) is 1. The van der Waals surface area contributed by atoms with Gasteiger partial charge in [0.05, 0.1) is 11.5 Å². The summed E-state index contributed by atoms with van der Waals surface area (Å²) in [7, 11) is 1.72. The van der Waals surface area contributed by atoms with Crippen LogP contribution in [-0.2, 0) is 16.5 Å². The lowest BCUT2D eigenvalue weighted by molar-refractivity contribution is -0.145. The van der Waals surface area contributed by atoms with Crippen molar-refractivity contribution in [3.05, 3.63) is 35.1 Å². The van der Waals surface area contributed by atoms with Crippen LogP contribution < -0.4 is 0 Å². The van der Waals surface area contributed by atoms with E-state index in [1.165, 1.54) is 0 Å². The van der Waals surface area contributed by atoms with Crippen molar-refractivity contribution in [1.29, 1.82) is 0 Å². The first-order chi connectivity index (χ1) is 10.1. The predicted molar refractivity (Wildman–Crippen MR) is 71.7 cm³/mol. The largest absolute Gasteiger partial charge is 0.481 e. The number of likely N-dealkylation sites (tertiary alicyclic amines) is 1. The van der Waals surface area contributed by atoms with Gasteiger partial charge in [0.25, 0.3) is 0 Å². The molecule has 0 amide bonds. The van der Waals surface area contributed by atoms with Gasteiger partial charge in [0.1, 0.15) is 5.82 Å². The molecule has 1 aliphatic rings. The number of benzene rings is 1. The molecule has 0 aliphatic carbocycles. The van der Waals surface area contributed by atoms with Gasteiger partial charge in [-0.3, -0.25) is 9.69 Å². The van der Waals surface area contributed by atoms with Crippen LogP contribution >= 0.6 is 0 Å². The zero-order valence-corrected chi connectivity index (χ0v) is 12.2. The average molecular weight is 319 g/mol. The van der Waals surface area contributed by atoms with Crippen LogP contribution in [0.15, 0.2) is 18.2 Å². The molecule has 3 nitrogen and oxygen atoms in total. The molecule has 0 bridgehead atoms. The van der Waals surface area contributed by atoms with Crippen molar-refractivity contribution in [2.45, 2.75) is 31.5 Å². The van der Waals surface area contributed by atoms with Crippen molar-refractivity contribution in [1.82, 2.24) is 4.90 Å². The molecule has 2 rings (SSSR count). The Hall–Kier alpha value is -1.63. The SMILES string of the molecule is CN1CCC(C(=O)O)CC1(C)c1ccc(C(F)(F)F)cc1F. The summed E-state index contributed by atoms with van der Waals surface area (Å²) in [5.41, 5.74) is -1.91. The molecule has 1 aliphatic heterocycles. The quantitative estimate of drug-likeness (QED) is 0.849. The van der Waals surface area contributed by atoms with Gasteiger partial charge in [0.2, 0.25) is 0 Å². The topological polar surface area (TPSA) is 40.5 Å². The third-order valence-corrected chi connectivity index (χ3v) is 4.53. The Labute approximate surface area is 125 Å². The second kappa shape index (κ2) is 5.53. The van der Waals surface area contributed by atoms with Gasteiger partial charge in [-0.25, -0.2) is 4.39 Å². The molecule has 0 radical (unpaired) electrons. The van der Waals surface area contributed by atoms with E-state index in [2.05, 4.69) is 0 Å². The van der Waals surface area contributed by atoms with E-state index in [1.54, 1.807) is 18.9 Å². The number of carboxylic acids is 1. The lowest BCUT2D eigenvalue weighted by atomic mass is 9.77. The van der Waals surface area contributed by atoms with Gasteiger partial charge in [-0.1, -0.05) is 6.07 Å². The Morgan fingerprint density at radius 3 is 2.55 bits per heavy atom. The Balaban J connectivity index is 2.42. The number of rotatable bonds is 2. The fraction of sp³-hybridized carbons (Fsp3) is 0.533. The van der Waals surface area contributed by atoms with E-state index in [0.29, 0.717) is 19.0 Å². The van der Waals surface area contributed by atoms with Crippen LogP contribution in [0.1, 0.15) is 30.9 Å². The van der Waals surface area contributed by atoms with Crippen LogP contribution in [0.2, 0.25) is 0 Å². The minimum Gasteiger partial charge on any atom is -0.481 e. The van der Waals surface area contributed by atoms with E-state index < -0.39 is 35.0 Å². The molecule has 1 aromatic rings. The molecule has 0 saturated carbocycles. The van der Waals surface area contributed by atoms with Gasteiger partial charge in [0.15, 0.2) is 0 Å². The zero-order chi connectivity index (χ0) is 16.7. The summed E-state index contributed by atoms with van der Waals surface area (Å²) in [5, 5.41) is 9.16. The van der Waals surface area contributed by atoms with Gasteiger partial charge in [0, 0.05) is 11.1 Å². The van der Waals surface area contributed by atoms with Gasteiger partial charge in [-0.2, -0.15) is 13.2 Å². The van der Waals surface area contributed by atoms with Gasteiger partial charge < -0.3 is 5.11 Å². The minimum atomic E-state index is -4.61. The van der Waals surface area contributed by atoms with Crippen LogP contribution in [0, 0.1) is 11.7 Å². The average Bonchev–Trinajstić information content (AvgIpc) is 2.40. The number of hydrogen-bond acceptors (Lipinski definition) is 2. The maximum Gasteiger partial charge on any atom is 0.416 e. The summed E-state index contributed by atoms with van der Waals surface area (Å²) in [5.74, 6) is -2.57. The molecule has 1 aromatic carbocycles. The number of aliphatic carboxylic acids is 1. The van der Waals surface area contributed by atoms with E-state index in [1.807, 2.05) is 0 Å². The molecule has 1 heterocycles. The molecule has 7 heteroatoms. The normalized spacial score (nSPS) is 26.9. The van der Waals surface area contributed by atoms with Gasteiger partial charge in [-0.15, -0.1) is 0 Å². The number of nitrogens with zero attached hydrogens (tertiary/aromatic N) is 1. The molecule has 22 heavy (non-hydrogen) atoms. The molecule has 0 aromatic heterocycles. The van der Waals surface area contributed by atoms with Gasteiger partial charge in [-0.05, 0) is 45.5 Å². The highest BCUT2D eigenvalue weighted by Gasteiger charge is 2.42. The van der Waals surface area contributed by atoms with Crippen LogP contribution in [0.25, 0.3) is 0 Å². The highest BCUT2D eigenvalue weighted by molar-refractivity contribution is 5.70. The first kappa shape index (κ1) is 16.7. The second-order valence-electron chi connectivity index (χ2n) is 5.92. The van der Waals surface area contributed by atoms with Crippen molar-refractivity contribution in [3.8, 4) is 0 Å². The van der Waals surface area contributed by atoms with Crippen LogP contribution in [-0.4, -0.2) is 29.6 Å². The Kier molecular flexibility index (Phi) is 4.21. The number of alkyl halides is 3. The van der Waals surface area contributed by atoms with Gasteiger partial charge >= 0.3 is 12.1 Å². The predicted octanol–water partition coefficient (Wildman–Crippen LogP) is 3.49. The number of halogens is 4. The summed E-state index contributed by atoms with van der Waals surface area (Å²) >= 11 is 0. The summed E-state index contributed by atoms with van der Waals surface area (Å²) in [6.07, 6.45) is -4.02. The smallest absolute Gasteiger partial charge is 0.416 e. The highest BCUT2D eigenvalue weighted by atomic mass is 19.4. The maximum absolute atomic E-state index is 14.2. The first-order valence-corrected chi connectivity index (χ1v) is 6.87. The van der Waals surface area contributed by atoms with Crippen molar-refractivity contribution >= 4 is 5.97 Å². The van der Waals surface area contributed by atoms with E-state index >= 15 is 0 Å². The standard InChI is InChI=1S/C15H17F4NO2/c1-14(8-9(13(21)22)5-6-20(14)2)11-4-3-10(7-12(11)16)15(17,18)19/h3-4,7,9H,5-6,8H2,1-2H3,(H,21,22). The fourth-order valence-corrected chi connectivity index (χ4v) is 2.99. The maximum atomic E-state index is 14.2. The van der Waals surface area contributed by atoms with Crippen molar-refractivity contribution in [2.75, 3.05) is 13.6 Å². The molecule has 0 spiro atoms. The summed E-state index contributed by atoms with van der Waals surface area (Å²) in [6, 6.07) is 2.42. The number of piperidine rings is 1. The molecule has 1 saturated heterocycles. The first-order valence-electron chi connectivity index (χ1n) is 6.87. The van der Waals surface area contributed by atoms with Crippen molar-refractivity contribution in [3.63, 3.8) is 0 Å². The van der Waals surface area contributed by atoms with Crippen LogP contribution in [0.4, 0.5) is 17.6 Å². The summed E-state index contributed by atoms with van der Waals surface area (Å²) < 4.78 is 52.1. The Bertz CT molecular complexity index is 587. The fourth-order valence-electron chi connectivity index (χ4n) is 2.99. The molecule has 1 fully saturated rings. The third kappa shape index (κ3) is 2.95. The van der Waals surface area contributed by atoms with Crippen molar-refractivity contribution in [2.24, 2.45) is 5.92 Å². The molecular weight excluding hydrogens is 302 g/mol. The van der Waals surface area contributed by atoms with Crippen molar-refractivity contribution < 1.29 is 27.5 Å². The van der Waals surface area contributed by atoms with Crippen LogP contribution in [0.5, 0.6) is 0 Å². The van der Waals surface area contributed by atoms with E-state index in [0.717, 1.165) is 12.1 Å². The number of carboxylic acid groups (broad SMARTS) is 1. The Morgan fingerprint density at radius 2 is 2.05 bits per heavy atom. The third-order valence-electron chi connectivity index (χ3n) is 4.53. The number of carbonyl (C=O) groups is 1. The molecular formula is C15H17F4NO2. The van der Waals surface area contributed by atoms with E-state index in [4.69, 9.17) is 5.11 Å². The zero-order valence-electron chi connectivity index (χ0n) is 12.2. The van der Waals surface area contributed by atoms with E-state index in [-0.39, 0.29) is 12.0 Å². The van der Waals surface area contributed by atoms with E-state index in [9.17, 15) is 22.4 Å². The molecule has 2 atom stereocenters.